The van der Waals surface area contributed by atoms with Crippen molar-refractivity contribution in [3.63, 3.8) is 0 Å². The second kappa shape index (κ2) is 15.5. The molecule has 4 heterocycles. The van der Waals surface area contributed by atoms with Gasteiger partial charge in [0.15, 0.2) is 0 Å². The second-order valence-electron chi connectivity index (χ2n) is 16.3. The average Bonchev–Trinajstić information content (AvgIpc) is 3.44. The number of nitrogens with one attached hydrogen (secondary N) is 2. The fraction of sp³-hybridized carbons (Fsp3) is 0.548. The van der Waals surface area contributed by atoms with E-state index in [2.05, 4.69) is 81.6 Å². The van der Waals surface area contributed by atoms with Gasteiger partial charge in [-0.15, -0.1) is 11.3 Å². The van der Waals surface area contributed by atoms with Crippen molar-refractivity contribution >= 4 is 51.8 Å². The first-order valence-corrected chi connectivity index (χ1v) is 20.1. The molecule has 1 aliphatic carbocycles. The first kappa shape index (κ1) is 39.6. The van der Waals surface area contributed by atoms with E-state index in [0.29, 0.717) is 32.4 Å². The Morgan fingerprint density at radius 1 is 1.28 bits per heavy atom. The van der Waals surface area contributed by atoms with Gasteiger partial charge in [0.2, 0.25) is 5.91 Å². The van der Waals surface area contributed by atoms with E-state index in [4.69, 9.17) is 19.5 Å². The Kier molecular flexibility index (Phi) is 11.4. The van der Waals surface area contributed by atoms with Crippen LogP contribution in [0.15, 0.2) is 46.9 Å². The van der Waals surface area contributed by atoms with Gasteiger partial charge in [0.1, 0.15) is 12.1 Å². The molecule has 6 bridgehead atoms. The maximum atomic E-state index is 14.2. The lowest BCUT2D eigenvalue weighted by molar-refractivity contribution is -0.155. The number of thiazole rings is 1. The Balaban J connectivity index is 1.50. The molecule has 12 heteroatoms. The summed E-state index contributed by atoms with van der Waals surface area (Å²) in [5.41, 5.74) is 9.12. The van der Waals surface area contributed by atoms with E-state index in [-0.39, 0.29) is 48.2 Å². The molecule has 1 saturated heterocycles. The van der Waals surface area contributed by atoms with Crippen LogP contribution in [0, 0.1) is 22.7 Å². The molecule has 2 aliphatic heterocycles. The van der Waals surface area contributed by atoms with Gasteiger partial charge in [0.25, 0.3) is 5.91 Å². The van der Waals surface area contributed by atoms with Crippen LogP contribution in [-0.2, 0) is 43.2 Å². The highest BCUT2D eigenvalue weighted by molar-refractivity contribution is 7.10. The number of aromatic nitrogens is 2. The van der Waals surface area contributed by atoms with Crippen LogP contribution in [0.25, 0.3) is 27.7 Å². The third kappa shape index (κ3) is 7.57. The molecule has 0 spiro atoms. The van der Waals surface area contributed by atoms with Crippen molar-refractivity contribution in [2.75, 3.05) is 20.3 Å². The van der Waals surface area contributed by atoms with Gasteiger partial charge in [-0.1, -0.05) is 53.3 Å². The highest BCUT2D eigenvalue weighted by Gasteiger charge is 2.59. The summed E-state index contributed by atoms with van der Waals surface area (Å²) >= 11 is 1.48. The first-order valence-electron chi connectivity index (χ1n) is 19.2. The summed E-state index contributed by atoms with van der Waals surface area (Å²) in [6.07, 6.45) is 5.33. The van der Waals surface area contributed by atoms with Gasteiger partial charge in [-0.05, 0) is 69.1 Å². The molecule has 2 fully saturated rings. The summed E-state index contributed by atoms with van der Waals surface area (Å²) in [5, 5.41) is 8.40. The minimum atomic E-state index is -0.853. The highest BCUT2D eigenvalue weighted by atomic mass is 32.1. The van der Waals surface area contributed by atoms with Crippen molar-refractivity contribution in [2.45, 2.75) is 106 Å². The van der Waals surface area contributed by atoms with Crippen LogP contribution in [0.1, 0.15) is 84.5 Å². The predicted molar refractivity (Wildman–Crippen MR) is 215 cm³/mol. The second-order valence-corrected chi connectivity index (χ2v) is 17.3. The molecule has 3 aromatic rings. The fourth-order valence-corrected chi connectivity index (χ4v) is 9.05. The van der Waals surface area contributed by atoms with Gasteiger partial charge in [0, 0.05) is 71.6 Å². The Hall–Kier alpha value is -4.13. The number of aliphatic imine (C=N–C) groups is 1. The number of cyclic esters (lactones) is 1. The average molecular weight is 757 g/mol. The van der Waals surface area contributed by atoms with Gasteiger partial charge < -0.3 is 19.4 Å². The maximum absolute atomic E-state index is 14.2. The molecule has 290 valence electrons. The van der Waals surface area contributed by atoms with Crippen LogP contribution in [0.5, 0.6) is 0 Å². The molecule has 2 amide bonds. The minimum Gasteiger partial charge on any atom is -0.464 e. The van der Waals surface area contributed by atoms with Gasteiger partial charge in [-0.2, -0.15) is 0 Å². The molecule has 1 aromatic carbocycles. The van der Waals surface area contributed by atoms with E-state index in [9.17, 15) is 14.4 Å². The number of esters is 1. The number of hydrogen-bond donors (Lipinski definition) is 2. The molecule has 0 unspecified atom stereocenters. The van der Waals surface area contributed by atoms with Gasteiger partial charge in [-0.25, -0.2) is 10.4 Å². The molecule has 2 N–H and O–H groups in total. The van der Waals surface area contributed by atoms with Crippen LogP contribution < -0.4 is 10.7 Å². The summed E-state index contributed by atoms with van der Waals surface area (Å²) in [4.78, 5) is 51.3. The summed E-state index contributed by atoms with van der Waals surface area (Å²) in [5.74, 6) is -0.782. The molecular formula is C42H56N6O5S. The normalized spacial score (nSPS) is 25.2. The van der Waals surface area contributed by atoms with Crippen molar-refractivity contribution in [2.24, 2.45) is 27.7 Å². The summed E-state index contributed by atoms with van der Waals surface area (Å²) in [7, 11) is 1.68. The Bertz CT molecular complexity index is 2010. The Morgan fingerprint density at radius 2 is 2.02 bits per heavy atom. The molecular weight excluding hydrogens is 701 g/mol. The lowest BCUT2D eigenvalue weighted by Crippen LogP contribution is -2.60. The number of allylic oxidation sites excluding steroid dienone is 2. The lowest BCUT2D eigenvalue weighted by Gasteiger charge is -2.35. The van der Waals surface area contributed by atoms with Crippen molar-refractivity contribution in [1.29, 1.82) is 0 Å². The standard InChI is InChI=1S/C42H56N6O5S/c1-11-27(36(43-12-2)25(5)52-10)37-29-21-41(6,7)23-53-40(51)30-15-14-18-48(46-30)39(50)31(45-38(49)35-24(4)42(35,8)9)20-34-44-32(22-54-34)26-16-17-33(28(29)19-26)47(37)13-3/h11-12,16-17,19,22,24-25,30-31,35,46H,1,13-15,18,20-21,23H2,2-10H3,(H,45,49)/b36-27+,43-12?/t24-,25+,30+,31+,35+/m1/s1. The predicted octanol–water partition coefficient (Wildman–Crippen LogP) is 6.75. The summed E-state index contributed by atoms with van der Waals surface area (Å²) < 4.78 is 14.2. The number of carbonyl (C=O) groups excluding carboxylic acids is 3. The van der Waals surface area contributed by atoms with Crippen molar-refractivity contribution in [3.05, 3.63) is 58.2 Å². The monoisotopic (exact) mass is 756 g/mol. The zero-order chi connectivity index (χ0) is 39.1. The topological polar surface area (TPSA) is 127 Å². The number of methoxy groups -OCH3 is 1. The third-order valence-corrected chi connectivity index (χ3v) is 12.6. The number of benzene rings is 1. The number of rotatable bonds is 8. The van der Waals surface area contributed by atoms with E-state index >= 15 is 0 Å². The molecule has 2 aromatic heterocycles. The van der Waals surface area contributed by atoms with Crippen LogP contribution in [0.2, 0.25) is 0 Å². The molecule has 5 atom stereocenters. The highest BCUT2D eigenvalue weighted by Crippen LogP contribution is 2.57. The zero-order valence-electron chi connectivity index (χ0n) is 33.2. The molecule has 1 saturated carbocycles. The largest absolute Gasteiger partial charge is 0.464 e. The SMILES string of the molecule is C=C/C(=C(\N=CC)[C@H](C)OC)c1c2c3cc(ccc3n1CC)-c1csc(n1)C[C@H](NC(=O)[C@@H]1[C@@H](C)C1(C)C)C(=O)N1CCC[C@H](N1)C(=O)OCC(C)(C)C2. The fourth-order valence-electron chi connectivity index (χ4n) is 8.20. The molecule has 11 nitrogen and oxygen atoms in total. The summed E-state index contributed by atoms with van der Waals surface area (Å²) in [6.45, 7) is 22.0. The minimum absolute atomic E-state index is 0.130. The number of nitrogens with zero attached hydrogens (tertiary/aromatic N) is 4. The van der Waals surface area contributed by atoms with Crippen LogP contribution in [-0.4, -0.2) is 77.0 Å². The smallest absolute Gasteiger partial charge is 0.324 e. The van der Waals surface area contributed by atoms with Crippen LogP contribution >= 0.6 is 11.3 Å². The molecule has 3 aliphatic rings. The number of fused-ring (bicyclic) bond motifs is 6. The Morgan fingerprint density at radius 3 is 2.67 bits per heavy atom. The van der Waals surface area contributed by atoms with Crippen molar-refractivity contribution in [1.82, 2.24) is 25.3 Å². The number of amides is 2. The number of carbonyl (C=O) groups is 3. The molecule has 6 rings (SSSR count). The van der Waals surface area contributed by atoms with Crippen molar-refractivity contribution in [3.8, 4) is 11.3 Å². The van der Waals surface area contributed by atoms with Gasteiger partial charge in [0.05, 0.1) is 34.8 Å². The maximum Gasteiger partial charge on any atom is 0.324 e. The first-order chi connectivity index (χ1) is 25.6. The third-order valence-electron chi connectivity index (χ3n) is 11.7. The molecule has 54 heavy (non-hydrogen) atoms. The number of hydrogen-bond acceptors (Lipinski definition) is 9. The van der Waals surface area contributed by atoms with Crippen molar-refractivity contribution < 1.29 is 23.9 Å². The number of hydrazine groups is 1. The summed E-state index contributed by atoms with van der Waals surface area (Å²) in [6, 6.07) is 4.87. The van der Waals surface area contributed by atoms with E-state index in [0.717, 1.165) is 49.7 Å². The lowest BCUT2D eigenvalue weighted by atomic mass is 9.84. The van der Waals surface area contributed by atoms with E-state index in [1.54, 1.807) is 13.3 Å². The van der Waals surface area contributed by atoms with E-state index in [1.807, 2.05) is 25.3 Å². The molecule has 0 radical (unpaired) electrons. The van der Waals surface area contributed by atoms with E-state index < -0.39 is 23.5 Å². The van der Waals surface area contributed by atoms with Crippen LogP contribution in [0.4, 0.5) is 0 Å². The zero-order valence-corrected chi connectivity index (χ0v) is 34.1. The van der Waals surface area contributed by atoms with E-state index in [1.165, 1.54) is 16.3 Å². The quantitative estimate of drug-likeness (QED) is 0.148. The number of aryl methyl sites for hydroxylation is 1. The van der Waals surface area contributed by atoms with Gasteiger partial charge in [-0.3, -0.25) is 24.4 Å². The van der Waals surface area contributed by atoms with Gasteiger partial charge >= 0.3 is 5.97 Å². The van der Waals surface area contributed by atoms with Crippen LogP contribution in [0.3, 0.4) is 0 Å². The number of ether oxygens (including phenoxy) is 2. The Labute approximate surface area is 323 Å².